The summed E-state index contributed by atoms with van der Waals surface area (Å²) in [6.07, 6.45) is -0.486. The molecule has 0 radical (unpaired) electrons. The minimum Gasteiger partial charge on any atom is -0.372 e. The minimum absolute atomic E-state index is 0.158. The van der Waals surface area contributed by atoms with Crippen molar-refractivity contribution < 1.29 is 17.9 Å². The van der Waals surface area contributed by atoms with Crippen molar-refractivity contribution in [2.75, 3.05) is 26.8 Å². The van der Waals surface area contributed by atoms with Crippen molar-refractivity contribution in [3.63, 3.8) is 0 Å². The summed E-state index contributed by atoms with van der Waals surface area (Å²) in [5, 5.41) is 3.14. The number of halogens is 3. The summed E-state index contributed by atoms with van der Waals surface area (Å²) in [6.45, 7) is 4.22. The Morgan fingerprint density at radius 2 is 1.82 bits per heavy atom. The number of hydrogen-bond donors (Lipinski definition) is 1. The van der Waals surface area contributed by atoms with E-state index in [1.807, 2.05) is 7.05 Å². The predicted molar refractivity (Wildman–Crippen MR) is 63.0 cm³/mol. The third-order valence-corrected chi connectivity index (χ3v) is 2.79. The summed E-state index contributed by atoms with van der Waals surface area (Å²) >= 11 is 0. The van der Waals surface area contributed by atoms with Crippen LogP contribution in [0.15, 0.2) is 0 Å². The molecule has 0 aromatic heterocycles. The fraction of sp³-hybridized carbons (Fsp3) is 1.00. The Hall–Kier alpha value is -0.290. The highest BCUT2D eigenvalue weighted by Gasteiger charge is 2.27. The molecular formula is C12H24F3NO. The first-order chi connectivity index (χ1) is 7.83. The third kappa shape index (κ3) is 9.41. The second-order valence-electron chi connectivity index (χ2n) is 4.86. The van der Waals surface area contributed by atoms with Crippen LogP contribution in [0.3, 0.4) is 0 Å². The van der Waals surface area contributed by atoms with Crippen LogP contribution >= 0.6 is 0 Å². The van der Waals surface area contributed by atoms with E-state index >= 15 is 0 Å². The van der Waals surface area contributed by atoms with Crippen LogP contribution in [0.5, 0.6) is 0 Å². The second-order valence-corrected chi connectivity index (χ2v) is 4.86. The van der Waals surface area contributed by atoms with E-state index in [0.29, 0.717) is 6.42 Å². The topological polar surface area (TPSA) is 21.3 Å². The average Bonchev–Trinajstić information content (AvgIpc) is 2.16. The van der Waals surface area contributed by atoms with Gasteiger partial charge in [-0.1, -0.05) is 20.3 Å². The van der Waals surface area contributed by atoms with E-state index in [-0.39, 0.29) is 12.0 Å². The number of hydrogen-bond acceptors (Lipinski definition) is 2. The van der Waals surface area contributed by atoms with Crippen molar-refractivity contribution in [1.29, 1.82) is 0 Å². The van der Waals surface area contributed by atoms with Gasteiger partial charge in [0.05, 0.1) is 0 Å². The van der Waals surface area contributed by atoms with Gasteiger partial charge in [0.25, 0.3) is 0 Å². The van der Waals surface area contributed by atoms with Crippen LogP contribution in [0, 0.1) is 5.41 Å². The molecule has 104 valence electrons. The lowest BCUT2D eigenvalue weighted by molar-refractivity contribution is -0.174. The molecule has 0 bridgehead atoms. The quantitative estimate of drug-likeness (QED) is 0.638. The first-order valence-electron chi connectivity index (χ1n) is 6.12. The van der Waals surface area contributed by atoms with Crippen LogP contribution in [0.1, 0.15) is 39.5 Å². The summed E-state index contributed by atoms with van der Waals surface area (Å²) in [6, 6.07) is 0. The zero-order chi connectivity index (χ0) is 13.4. The highest BCUT2D eigenvalue weighted by molar-refractivity contribution is 4.75. The van der Waals surface area contributed by atoms with Gasteiger partial charge in [-0.2, -0.15) is 13.2 Å². The molecule has 0 spiro atoms. The standard InChI is InChI=1S/C12H24F3NO/c1-4-6-11(2,9-16-3)7-5-8-17-10-12(13,14)15/h16H,4-10H2,1-3H3. The Balaban J connectivity index is 3.75. The summed E-state index contributed by atoms with van der Waals surface area (Å²) in [4.78, 5) is 0. The van der Waals surface area contributed by atoms with Crippen LogP contribution in [-0.4, -0.2) is 33.0 Å². The lowest BCUT2D eigenvalue weighted by atomic mass is 9.81. The zero-order valence-corrected chi connectivity index (χ0v) is 11.0. The Bertz CT molecular complexity index is 189. The monoisotopic (exact) mass is 255 g/mol. The fourth-order valence-corrected chi connectivity index (χ4v) is 2.12. The molecule has 0 aliphatic heterocycles. The van der Waals surface area contributed by atoms with Crippen molar-refractivity contribution in [3.8, 4) is 0 Å². The molecular weight excluding hydrogens is 231 g/mol. The zero-order valence-electron chi connectivity index (χ0n) is 11.0. The van der Waals surface area contributed by atoms with Crippen LogP contribution in [0.4, 0.5) is 13.2 Å². The first kappa shape index (κ1) is 16.7. The maximum absolute atomic E-state index is 11.8. The molecule has 1 atom stereocenters. The average molecular weight is 255 g/mol. The molecule has 0 aromatic rings. The Morgan fingerprint density at radius 3 is 2.29 bits per heavy atom. The van der Waals surface area contributed by atoms with Gasteiger partial charge < -0.3 is 10.1 Å². The normalized spacial score (nSPS) is 15.9. The molecule has 0 saturated carbocycles. The number of ether oxygens (including phenoxy) is 1. The van der Waals surface area contributed by atoms with Gasteiger partial charge in [0, 0.05) is 13.2 Å². The van der Waals surface area contributed by atoms with Gasteiger partial charge in [-0.15, -0.1) is 0 Å². The van der Waals surface area contributed by atoms with E-state index in [9.17, 15) is 13.2 Å². The molecule has 2 nitrogen and oxygen atoms in total. The lowest BCUT2D eigenvalue weighted by Gasteiger charge is -2.29. The van der Waals surface area contributed by atoms with Gasteiger partial charge in [0.15, 0.2) is 0 Å². The van der Waals surface area contributed by atoms with Gasteiger partial charge in [-0.05, 0) is 31.7 Å². The first-order valence-corrected chi connectivity index (χ1v) is 6.12. The molecule has 0 amide bonds. The Labute approximate surface area is 102 Å². The van der Waals surface area contributed by atoms with Gasteiger partial charge >= 0.3 is 6.18 Å². The highest BCUT2D eigenvalue weighted by Crippen LogP contribution is 2.28. The van der Waals surface area contributed by atoms with Gasteiger partial charge in [-0.3, -0.25) is 0 Å². The fourth-order valence-electron chi connectivity index (χ4n) is 2.12. The van der Waals surface area contributed by atoms with E-state index in [0.717, 1.165) is 25.8 Å². The van der Waals surface area contributed by atoms with Gasteiger partial charge in [0.2, 0.25) is 0 Å². The number of rotatable bonds is 9. The Kier molecular flexibility index (Phi) is 7.79. The summed E-state index contributed by atoms with van der Waals surface area (Å²) < 4.78 is 40.1. The van der Waals surface area contributed by atoms with Crippen molar-refractivity contribution in [2.24, 2.45) is 5.41 Å². The molecule has 0 saturated heterocycles. The van der Waals surface area contributed by atoms with Crippen molar-refractivity contribution in [1.82, 2.24) is 5.32 Å². The van der Waals surface area contributed by atoms with Crippen molar-refractivity contribution in [2.45, 2.75) is 45.7 Å². The predicted octanol–water partition coefficient (Wildman–Crippen LogP) is 3.37. The van der Waals surface area contributed by atoms with Crippen LogP contribution in [0.2, 0.25) is 0 Å². The third-order valence-electron chi connectivity index (χ3n) is 2.79. The smallest absolute Gasteiger partial charge is 0.372 e. The summed E-state index contributed by atoms with van der Waals surface area (Å²) in [7, 11) is 1.90. The Morgan fingerprint density at radius 1 is 1.18 bits per heavy atom. The maximum Gasteiger partial charge on any atom is 0.411 e. The largest absolute Gasteiger partial charge is 0.411 e. The molecule has 0 aliphatic rings. The summed E-state index contributed by atoms with van der Waals surface area (Å²) in [5.74, 6) is 0. The molecule has 0 rings (SSSR count). The highest BCUT2D eigenvalue weighted by atomic mass is 19.4. The molecule has 1 unspecified atom stereocenters. The molecule has 17 heavy (non-hydrogen) atoms. The van der Waals surface area contributed by atoms with Crippen LogP contribution in [0.25, 0.3) is 0 Å². The van der Waals surface area contributed by atoms with E-state index in [1.165, 1.54) is 0 Å². The lowest BCUT2D eigenvalue weighted by Crippen LogP contribution is -2.30. The van der Waals surface area contributed by atoms with Gasteiger partial charge in [-0.25, -0.2) is 0 Å². The van der Waals surface area contributed by atoms with E-state index in [2.05, 4.69) is 23.9 Å². The maximum atomic E-state index is 11.8. The molecule has 0 aromatic carbocycles. The minimum atomic E-state index is -4.21. The number of alkyl halides is 3. The second kappa shape index (κ2) is 7.93. The summed E-state index contributed by atoms with van der Waals surface area (Å²) in [5.41, 5.74) is 0.158. The molecule has 0 fully saturated rings. The van der Waals surface area contributed by atoms with Crippen molar-refractivity contribution >= 4 is 0 Å². The van der Waals surface area contributed by atoms with E-state index < -0.39 is 12.8 Å². The van der Waals surface area contributed by atoms with Crippen LogP contribution < -0.4 is 5.32 Å². The van der Waals surface area contributed by atoms with E-state index in [1.54, 1.807) is 0 Å². The van der Waals surface area contributed by atoms with Gasteiger partial charge in [0.1, 0.15) is 6.61 Å². The molecule has 0 heterocycles. The molecule has 1 N–H and O–H groups in total. The molecule has 5 heteroatoms. The molecule has 0 aliphatic carbocycles. The van der Waals surface area contributed by atoms with Crippen LogP contribution in [-0.2, 0) is 4.74 Å². The SMILES string of the molecule is CCCC(C)(CCCOCC(F)(F)F)CNC. The van der Waals surface area contributed by atoms with E-state index in [4.69, 9.17) is 0 Å². The van der Waals surface area contributed by atoms with Crippen molar-refractivity contribution in [3.05, 3.63) is 0 Å². The number of nitrogens with one attached hydrogen (secondary N) is 1.